The van der Waals surface area contributed by atoms with Gasteiger partial charge in [0.25, 0.3) is 5.91 Å². The summed E-state index contributed by atoms with van der Waals surface area (Å²) < 4.78 is 13.4. The van der Waals surface area contributed by atoms with Crippen LogP contribution in [0.4, 0.5) is 10.2 Å². The van der Waals surface area contributed by atoms with Crippen molar-refractivity contribution >= 4 is 39.7 Å². The number of halogens is 1. The Morgan fingerprint density at radius 2 is 1.83 bits per heavy atom. The molecule has 0 unspecified atom stereocenters. The molecule has 2 amide bonds. The molecule has 0 saturated heterocycles. The van der Waals surface area contributed by atoms with Crippen molar-refractivity contribution < 1.29 is 14.0 Å². The second-order valence-electron chi connectivity index (χ2n) is 6.38. The number of anilines is 1. The van der Waals surface area contributed by atoms with Crippen molar-refractivity contribution in [2.75, 3.05) is 5.32 Å². The Kier molecular flexibility index (Phi) is 5.07. The molecule has 30 heavy (non-hydrogen) atoms. The third-order valence-electron chi connectivity index (χ3n) is 4.38. The molecule has 4 aromatic rings. The first-order valence-corrected chi connectivity index (χ1v) is 9.65. The lowest BCUT2D eigenvalue weighted by molar-refractivity contribution is 0.0989. The van der Waals surface area contributed by atoms with Crippen molar-refractivity contribution in [3.63, 3.8) is 0 Å². The van der Waals surface area contributed by atoms with Gasteiger partial charge in [0.2, 0.25) is 5.91 Å². The number of carbonyl (C=O) groups excluding carboxylic acids is 2. The predicted octanol–water partition coefficient (Wildman–Crippen LogP) is 2.70. The zero-order valence-electron chi connectivity index (χ0n) is 15.4. The van der Waals surface area contributed by atoms with E-state index < -0.39 is 11.8 Å². The van der Waals surface area contributed by atoms with E-state index in [4.69, 9.17) is 11.5 Å². The molecule has 0 radical (unpaired) electrons. The van der Waals surface area contributed by atoms with Crippen LogP contribution >= 0.6 is 11.3 Å². The number of benzene rings is 2. The minimum Gasteiger partial charge on any atom is -0.366 e. The summed E-state index contributed by atoms with van der Waals surface area (Å²) in [4.78, 5) is 28.5. The van der Waals surface area contributed by atoms with E-state index in [9.17, 15) is 14.0 Å². The molecule has 2 heterocycles. The van der Waals surface area contributed by atoms with Crippen molar-refractivity contribution in [1.82, 2.24) is 15.2 Å². The summed E-state index contributed by atoms with van der Waals surface area (Å²) in [5, 5.41) is 14.1. The molecule has 4 rings (SSSR count). The van der Waals surface area contributed by atoms with E-state index in [1.807, 2.05) is 6.07 Å². The maximum absolute atomic E-state index is 13.4. The van der Waals surface area contributed by atoms with Crippen LogP contribution in [0.1, 0.15) is 26.4 Å². The number of hydrogen-bond acceptors (Lipinski definition) is 7. The molecule has 0 bridgehead atoms. The van der Waals surface area contributed by atoms with Gasteiger partial charge in [-0.2, -0.15) is 0 Å². The van der Waals surface area contributed by atoms with E-state index in [0.29, 0.717) is 21.4 Å². The molecular formula is C20H15FN6O2S. The van der Waals surface area contributed by atoms with Crippen molar-refractivity contribution in [3.8, 4) is 10.7 Å². The minimum absolute atomic E-state index is 0.129. The smallest absolute Gasteiger partial charge is 0.273 e. The molecule has 10 heteroatoms. The summed E-state index contributed by atoms with van der Waals surface area (Å²) in [7, 11) is 0. The fourth-order valence-electron chi connectivity index (χ4n) is 3.00. The SMILES string of the molecule is NC(=O)c1nnc(-c2scc3c(C(N)=O)cccc23)nc1NCc1cccc(F)c1. The third kappa shape index (κ3) is 3.67. The zero-order valence-corrected chi connectivity index (χ0v) is 16.2. The fourth-order valence-corrected chi connectivity index (χ4v) is 3.99. The quantitative estimate of drug-likeness (QED) is 0.437. The maximum Gasteiger partial charge on any atom is 0.273 e. The van der Waals surface area contributed by atoms with Crippen LogP contribution in [-0.2, 0) is 6.54 Å². The Bertz CT molecular complexity index is 1290. The number of nitrogens with one attached hydrogen (secondary N) is 1. The summed E-state index contributed by atoms with van der Waals surface area (Å²) in [5.74, 6) is -1.32. The van der Waals surface area contributed by atoms with Gasteiger partial charge >= 0.3 is 0 Å². The van der Waals surface area contributed by atoms with Crippen LogP contribution < -0.4 is 16.8 Å². The Morgan fingerprint density at radius 1 is 1.03 bits per heavy atom. The first-order chi connectivity index (χ1) is 14.4. The predicted molar refractivity (Wildman–Crippen MR) is 111 cm³/mol. The van der Waals surface area contributed by atoms with Gasteiger partial charge in [0.05, 0.1) is 4.88 Å². The number of hydrogen-bond donors (Lipinski definition) is 3. The molecule has 0 spiro atoms. The minimum atomic E-state index is -0.796. The van der Waals surface area contributed by atoms with E-state index in [1.165, 1.54) is 23.5 Å². The van der Waals surface area contributed by atoms with Gasteiger partial charge in [-0.15, -0.1) is 21.5 Å². The van der Waals surface area contributed by atoms with Gasteiger partial charge in [0, 0.05) is 28.3 Å². The summed E-state index contributed by atoms with van der Waals surface area (Å²) in [6.07, 6.45) is 0. The normalized spacial score (nSPS) is 10.8. The van der Waals surface area contributed by atoms with Crippen molar-refractivity contribution in [3.05, 3.63) is 70.5 Å². The van der Waals surface area contributed by atoms with Crippen LogP contribution in [0.2, 0.25) is 0 Å². The van der Waals surface area contributed by atoms with Crippen molar-refractivity contribution in [1.29, 1.82) is 0 Å². The van der Waals surface area contributed by atoms with Gasteiger partial charge in [-0.3, -0.25) is 9.59 Å². The molecule has 0 fully saturated rings. The number of nitrogens with zero attached hydrogens (tertiary/aromatic N) is 3. The first kappa shape index (κ1) is 19.4. The lowest BCUT2D eigenvalue weighted by Gasteiger charge is -2.09. The lowest BCUT2D eigenvalue weighted by Crippen LogP contribution is -2.19. The van der Waals surface area contributed by atoms with E-state index in [0.717, 1.165) is 5.39 Å². The molecule has 0 atom stereocenters. The number of carbonyl (C=O) groups is 2. The van der Waals surface area contributed by atoms with Crippen molar-refractivity contribution in [2.24, 2.45) is 11.5 Å². The highest BCUT2D eigenvalue weighted by molar-refractivity contribution is 7.15. The summed E-state index contributed by atoms with van der Waals surface area (Å²) in [6.45, 7) is 0.202. The second-order valence-corrected chi connectivity index (χ2v) is 7.26. The van der Waals surface area contributed by atoms with E-state index in [-0.39, 0.29) is 29.7 Å². The standard InChI is InChI=1S/C20H15FN6O2S/c21-11-4-1-3-10(7-11)8-24-19-15(18(23)29)26-27-20(25-19)16-12-5-2-6-13(17(22)28)14(12)9-30-16/h1-7,9H,8H2,(H2,22,28)(H2,23,29)(H,24,25,27). The molecule has 150 valence electrons. The van der Waals surface area contributed by atoms with Gasteiger partial charge < -0.3 is 16.8 Å². The number of thiophene rings is 1. The molecular weight excluding hydrogens is 407 g/mol. The van der Waals surface area contributed by atoms with Gasteiger partial charge in [-0.05, 0) is 23.8 Å². The number of aromatic nitrogens is 3. The highest BCUT2D eigenvalue weighted by atomic mass is 32.1. The van der Waals surface area contributed by atoms with E-state index in [1.54, 1.807) is 29.6 Å². The molecule has 0 aliphatic heterocycles. The molecule has 0 aliphatic rings. The van der Waals surface area contributed by atoms with Crippen LogP contribution in [0.3, 0.4) is 0 Å². The molecule has 2 aromatic heterocycles. The van der Waals surface area contributed by atoms with Crippen LogP contribution in [0, 0.1) is 5.82 Å². The van der Waals surface area contributed by atoms with Crippen LogP contribution in [0.5, 0.6) is 0 Å². The first-order valence-electron chi connectivity index (χ1n) is 8.77. The summed E-state index contributed by atoms with van der Waals surface area (Å²) in [5.41, 5.74) is 11.7. The highest BCUT2D eigenvalue weighted by Crippen LogP contribution is 2.35. The monoisotopic (exact) mass is 422 g/mol. The Labute approximate surface area is 173 Å². The fraction of sp³-hybridized carbons (Fsp3) is 0.0500. The summed E-state index contributed by atoms with van der Waals surface area (Å²) >= 11 is 1.32. The van der Waals surface area contributed by atoms with E-state index in [2.05, 4.69) is 20.5 Å². The number of fused-ring (bicyclic) bond motifs is 1. The van der Waals surface area contributed by atoms with Gasteiger partial charge in [-0.1, -0.05) is 24.3 Å². The van der Waals surface area contributed by atoms with Gasteiger partial charge in [0.15, 0.2) is 17.3 Å². The number of rotatable bonds is 6. The topological polar surface area (TPSA) is 137 Å². The van der Waals surface area contributed by atoms with Crippen LogP contribution in [-0.4, -0.2) is 27.0 Å². The third-order valence-corrected chi connectivity index (χ3v) is 5.37. The number of primary amides is 2. The summed E-state index contributed by atoms with van der Waals surface area (Å²) in [6, 6.07) is 11.2. The maximum atomic E-state index is 13.4. The van der Waals surface area contributed by atoms with Gasteiger partial charge in [0.1, 0.15) is 5.82 Å². The zero-order chi connectivity index (χ0) is 21.3. The highest BCUT2D eigenvalue weighted by Gasteiger charge is 2.19. The molecule has 5 N–H and O–H groups in total. The molecule has 0 aliphatic carbocycles. The average Bonchev–Trinajstić information content (AvgIpc) is 3.16. The largest absolute Gasteiger partial charge is 0.366 e. The Balaban J connectivity index is 1.74. The Hall–Kier alpha value is -3.92. The van der Waals surface area contributed by atoms with E-state index >= 15 is 0 Å². The molecule has 2 aromatic carbocycles. The van der Waals surface area contributed by atoms with Crippen LogP contribution in [0.15, 0.2) is 47.8 Å². The second kappa shape index (κ2) is 7.84. The number of nitrogens with two attached hydrogens (primary N) is 2. The average molecular weight is 422 g/mol. The number of amides is 2. The van der Waals surface area contributed by atoms with Crippen molar-refractivity contribution in [2.45, 2.75) is 6.54 Å². The molecule has 8 nitrogen and oxygen atoms in total. The molecule has 0 saturated carbocycles. The lowest BCUT2D eigenvalue weighted by atomic mass is 10.1. The Morgan fingerprint density at radius 3 is 2.57 bits per heavy atom. The van der Waals surface area contributed by atoms with Crippen LogP contribution in [0.25, 0.3) is 21.5 Å². The van der Waals surface area contributed by atoms with Gasteiger partial charge in [-0.25, -0.2) is 9.37 Å².